The molecular weight excluding hydrogens is 757 g/mol. The summed E-state index contributed by atoms with van der Waals surface area (Å²) in [5.41, 5.74) is 0. The van der Waals surface area contributed by atoms with E-state index in [1.54, 1.807) is 0 Å². The van der Waals surface area contributed by atoms with Crippen LogP contribution in [0.1, 0.15) is 265 Å². The number of esters is 3. The van der Waals surface area contributed by atoms with Crippen LogP contribution < -0.4 is 0 Å². The van der Waals surface area contributed by atoms with Crippen molar-refractivity contribution < 1.29 is 28.6 Å². The number of hydrogen-bond donors (Lipinski definition) is 0. The van der Waals surface area contributed by atoms with Gasteiger partial charge in [0.05, 0.1) is 0 Å². The van der Waals surface area contributed by atoms with Crippen molar-refractivity contribution in [1.29, 1.82) is 0 Å². The predicted octanol–water partition coefficient (Wildman–Crippen LogP) is 17.1. The van der Waals surface area contributed by atoms with Gasteiger partial charge in [-0.1, -0.05) is 217 Å². The van der Waals surface area contributed by atoms with E-state index >= 15 is 0 Å². The third kappa shape index (κ3) is 48.3. The molecule has 0 aromatic heterocycles. The molecule has 1 unspecified atom stereocenters. The van der Waals surface area contributed by atoms with Crippen LogP contribution in [0.15, 0.2) is 48.6 Å². The molecule has 354 valence electrons. The maximum absolute atomic E-state index is 12.8. The van der Waals surface area contributed by atoms with E-state index in [0.29, 0.717) is 19.3 Å². The third-order valence-electron chi connectivity index (χ3n) is 11.3. The number of allylic oxidation sites excluding steroid dienone is 8. The highest BCUT2D eigenvalue weighted by Crippen LogP contribution is 2.15. The van der Waals surface area contributed by atoms with Crippen molar-refractivity contribution in [2.24, 2.45) is 0 Å². The van der Waals surface area contributed by atoms with Crippen molar-refractivity contribution in [3.05, 3.63) is 48.6 Å². The van der Waals surface area contributed by atoms with E-state index in [-0.39, 0.29) is 31.1 Å². The molecule has 1 atom stereocenters. The highest BCUT2D eigenvalue weighted by Gasteiger charge is 2.19. The highest BCUT2D eigenvalue weighted by atomic mass is 16.6. The minimum absolute atomic E-state index is 0.0775. The van der Waals surface area contributed by atoms with Crippen molar-refractivity contribution in [3.63, 3.8) is 0 Å². The molecule has 0 aromatic rings. The number of unbranched alkanes of at least 4 members (excludes halogenated alkanes) is 28. The average Bonchev–Trinajstić information content (AvgIpc) is 3.26. The molecule has 0 spiro atoms. The van der Waals surface area contributed by atoms with Crippen LogP contribution in [0.25, 0.3) is 0 Å². The Hall–Kier alpha value is -2.63. The molecule has 0 radical (unpaired) electrons. The lowest BCUT2D eigenvalue weighted by Crippen LogP contribution is -2.30. The molecule has 0 amide bonds. The number of rotatable bonds is 47. The molecule has 0 aliphatic heterocycles. The van der Waals surface area contributed by atoms with Crippen LogP contribution in [0.5, 0.6) is 0 Å². The molecule has 0 rings (SSSR count). The summed E-state index contributed by atoms with van der Waals surface area (Å²) in [4.78, 5) is 37.9. The molecule has 0 aromatic carbocycles. The Morgan fingerprint density at radius 3 is 1.02 bits per heavy atom. The molecule has 61 heavy (non-hydrogen) atoms. The van der Waals surface area contributed by atoms with Crippen molar-refractivity contribution in [3.8, 4) is 0 Å². The van der Waals surface area contributed by atoms with Gasteiger partial charge in [0, 0.05) is 19.3 Å². The highest BCUT2D eigenvalue weighted by molar-refractivity contribution is 5.71. The Morgan fingerprint density at radius 2 is 0.639 bits per heavy atom. The minimum atomic E-state index is -0.778. The van der Waals surface area contributed by atoms with Gasteiger partial charge in [-0.05, 0) is 77.0 Å². The maximum atomic E-state index is 12.8. The normalized spacial score (nSPS) is 12.4. The average molecular weight is 855 g/mol. The quantitative estimate of drug-likeness (QED) is 0.0263. The van der Waals surface area contributed by atoms with Crippen LogP contribution in [0, 0.1) is 0 Å². The summed E-state index contributed by atoms with van der Waals surface area (Å²) in [5, 5.41) is 0. The van der Waals surface area contributed by atoms with E-state index < -0.39 is 6.10 Å². The molecule has 6 nitrogen and oxygen atoms in total. The van der Waals surface area contributed by atoms with Gasteiger partial charge in [-0.3, -0.25) is 14.4 Å². The fourth-order valence-electron chi connectivity index (χ4n) is 7.39. The molecule has 0 aliphatic rings. The first-order valence-corrected chi connectivity index (χ1v) is 26.1. The van der Waals surface area contributed by atoms with E-state index in [0.717, 1.165) is 89.9 Å². The van der Waals surface area contributed by atoms with Crippen molar-refractivity contribution in [1.82, 2.24) is 0 Å². The van der Waals surface area contributed by atoms with Gasteiger partial charge in [-0.25, -0.2) is 0 Å². The first-order valence-electron chi connectivity index (χ1n) is 26.1. The van der Waals surface area contributed by atoms with Gasteiger partial charge >= 0.3 is 17.9 Å². The number of carbonyl (C=O) groups excluding carboxylic acids is 3. The van der Waals surface area contributed by atoms with E-state index in [4.69, 9.17) is 14.2 Å². The van der Waals surface area contributed by atoms with Crippen LogP contribution >= 0.6 is 0 Å². The Morgan fingerprint density at radius 1 is 0.344 bits per heavy atom. The standard InChI is InChI=1S/C55H98O6/c1-4-7-10-13-16-19-22-24-26-28-30-31-33-36-39-42-45-48-54(57)60-51-52(50-59-53(56)47-44-41-38-35-21-18-15-12-9-6-3)61-55(58)49-46-43-40-37-34-32-29-27-25-23-20-17-14-11-8-5-2/h7,10,16,19,24,26-27,29,52H,4-6,8-9,11-15,17-18,20-23,25,28,30-51H2,1-3H3/b10-7-,19-16-,26-24-,29-27-. The first-order chi connectivity index (χ1) is 30.0. The van der Waals surface area contributed by atoms with Crippen molar-refractivity contribution in [2.45, 2.75) is 271 Å². The second-order valence-electron chi connectivity index (χ2n) is 17.4. The summed E-state index contributed by atoms with van der Waals surface area (Å²) < 4.78 is 16.8. The zero-order valence-corrected chi connectivity index (χ0v) is 40.4. The smallest absolute Gasteiger partial charge is 0.306 e. The van der Waals surface area contributed by atoms with E-state index in [9.17, 15) is 14.4 Å². The van der Waals surface area contributed by atoms with E-state index in [1.807, 2.05) is 0 Å². The van der Waals surface area contributed by atoms with E-state index in [2.05, 4.69) is 69.4 Å². The van der Waals surface area contributed by atoms with Crippen LogP contribution in [-0.2, 0) is 28.6 Å². The molecule has 0 heterocycles. The van der Waals surface area contributed by atoms with Crippen LogP contribution in [0.3, 0.4) is 0 Å². The molecule has 0 fully saturated rings. The molecule has 0 saturated carbocycles. The van der Waals surface area contributed by atoms with Gasteiger partial charge in [0.25, 0.3) is 0 Å². The van der Waals surface area contributed by atoms with Crippen LogP contribution in [0.4, 0.5) is 0 Å². The zero-order valence-electron chi connectivity index (χ0n) is 40.4. The molecule has 0 aliphatic carbocycles. The Labute approximate surface area is 378 Å². The lowest BCUT2D eigenvalue weighted by atomic mass is 10.1. The summed E-state index contributed by atoms with van der Waals surface area (Å²) in [5.74, 6) is -0.890. The fraction of sp³-hybridized carbons (Fsp3) is 0.800. The summed E-state index contributed by atoms with van der Waals surface area (Å²) in [6.45, 7) is 6.51. The van der Waals surface area contributed by atoms with Gasteiger partial charge < -0.3 is 14.2 Å². The van der Waals surface area contributed by atoms with Gasteiger partial charge in [0.15, 0.2) is 6.10 Å². The van der Waals surface area contributed by atoms with Gasteiger partial charge in [-0.15, -0.1) is 0 Å². The number of ether oxygens (including phenoxy) is 3. The van der Waals surface area contributed by atoms with Gasteiger partial charge in [0.2, 0.25) is 0 Å². The summed E-state index contributed by atoms with van der Waals surface area (Å²) in [6, 6.07) is 0. The second kappa shape index (κ2) is 50.0. The summed E-state index contributed by atoms with van der Waals surface area (Å²) in [7, 11) is 0. The lowest BCUT2D eigenvalue weighted by Gasteiger charge is -2.18. The van der Waals surface area contributed by atoms with Crippen LogP contribution in [0.2, 0.25) is 0 Å². The van der Waals surface area contributed by atoms with E-state index in [1.165, 1.54) is 135 Å². The Kier molecular flexibility index (Phi) is 47.9. The monoisotopic (exact) mass is 855 g/mol. The first kappa shape index (κ1) is 58.4. The zero-order chi connectivity index (χ0) is 44.4. The minimum Gasteiger partial charge on any atom is -0.462 e. The maximum Gasteiger partial charge on any atom is 0.306 e. The van der Waals surface area contributed by atoms with Crippen molar-refractivity contribution in [2.75, 3.05) is 13.2 Å². The van der Waals surface area contributed by atoms with Gasteiger partial charge in [0.1, 0.15) is 13.2 Å². The molecule has 6 heteroatoms. The molecule has 0 bridgehead atoms. The lowest BCUT2D eigenvalue weighted by molar-refractivity contribution is -0.167. The third-order valence-corrected chi connectivity index (χ3v) is 11.3. The largest absolute Gasteiger partial charge is 0.462 e. The SMILES string of the molecule is CC/C=C\C/C=C\C/C=C\CCCCCCCCCC(=O)OCC(COC(=O)CCCCCCCCCCCC)OC(=O)CCCCCCC/C=C\CCCCCCCCC. The Balaban J connectivity index is 4.35. The second-order valence-corrected chi connectivity index (χ2v) is 17.4. The fourth-order valence-corrected chi connectivity index (χ4v) is 7.39. The topological polar surface area (TPSA) is 78.9 Å². The molecule has 0 saturated heterocycles. The predicted molar refractivity (Wildman–Crippen MR) is 261 cm³/mol. The summed E-state index contributed by atoms with van der Waals surface area (Å²) >= 11 is 0. The number of hydrogen-bond acceptors (Lipinski definition) is 6. The van der Waals surface area contributed by atoms with Crippen molar-refractivity contribution >= 4 is 17.9 Å². The molecule has 0 N–H and O–H groups in total. The van der Waals surface area contributed by atoms with Crippen LogP contribution in [-0.4, -0.2) is 37.2 Å². The van der Waals surface area contributed by atoms with Gasteiger partial charge in [-0.2, -0.15) is 0 Å². The molecular formula is C55H98O6. The summed E-state index contributed by atoms with van der Waals surface area (Å²) in [6.07, 6.45) is 59.5. The number of carbonyl (C=O) groups is 3. The Bertz CT molecular complexity index is 1070.